The lowest BCUT2D eigenvalue weighted by atomic mass is 9.96. The van der Waals surface area contributed by atoms with Gasteiger partial charge in [0.2, 0.25) is 0 Å². The van der Waals surface area contributed by atoms with E-state index in [1.165, 1.54) is 0 Å². The number of anilines is 1. The van der Waals surface area contributed by atoms with Crippen LogP contribution in [0.15, 0.2) is 42.7 Å². The molecular weight excluding hydrogens is 340 g/mol. The topological polar surface area (TPSA) is 74.3 Å². The largest absolute Gasteiger partial charge is 0.339 e. The molecule has 1 aliphatic heterocycles. The number of carbonyl (C=O) groups excluding carboxylic acids is 2. The van der Waals surface area contributed by atoms with Gasteiger partial charge in [0.15, 0.2) is 0 Å². The van der Waals surface area contributed by atoms with Gasteiger partial charge in [-0.1, -0.05) is 6.07 Å². The van der Waals surface area contributed by atoms with E-state index in [9.17, 15) is 9.59 Å². The molecule has 1 aliphatic rings. The van der Waals surface area contributed by atoms with Gasteiger partial charge in [-0.05, 0) is 68.0 Å². The number of likely N-dealkylation sites (tertiary alicyclic amines) is 1. The number of piperidine rings is 1. The van der Waals surface area contributed by atoms with Gasteiger partial charge in [-0.2, -0.15) is 0 Å². The molecular formula is C21H26N4O2. The fourth-order valence-electron chi connectivity index (χ4n) is 3.47. The number of nitrogens with zero attached hydrogens (tertiary/aromatic N) is 2. The number of urea groups is 1. The summed E-state index contributed by atoms with van der Waals surface area (Å²) in [6.07, 6.45) is 5.04. The van der Waals surface area contributed by atoms with Crippen molar-refractivity contribution in [2.24, 2.45) is 5.92 Å². The first-order chi connectivity index (χ1) is 13.0. The predicted octanol–water partition coefficient (Wildman–Crippen LogP) is 3.37. The summed E-state index contributed by atoms with van der Waals surface area (Å²) in [5.74, 6) is 0.412. The predicted molar refractivity (Wildman–Crippen MR) is 106 cm³/mol. The van der Waals surface area contributed by atoms with E-state index in [2.05, 4.69) is 21.7 Å². The van der Waals surface area contributed by atoms with Crippen molar-refractivity contribution in [3.63, 3.8) is 0 Å². The highest BCUT2D eigenvalue weighted by molar-refractivity contribution is 5.94. The van der Waals surface area contributed by atoms with E-state index in [1.54, 1.807) is 24.5 Å². The van der Waals surface area contributed by atoms with Crippen LogP contribution in [-0.2, 0) is 0 Å². The average Bonchev–Trinajstić information content (AvgIpc) is 2.66. The first-order valence-corrected chi connectivity index (χ1v) is 9.34. The fourth-order valence-corrected chi connectivity index (χ4v) is 3.47. The van der Waals surface area contributed by atoms with E-state index < -0.39 is 0 Å². The van der Waals surface area contributed by atoms with Gasteiger partial charge in [-0.15, -0.1) is 0 Å². The smallest absolute Gasteiger partial charge is 0.319 e. The van der Waals surface area contributed by atoms with Crippen molar-refractivity contribution in [3.8, 4) is 0 Å². The van der Waals surface area contributed by atoms with Crippen LogP contribution in [0, 0.1) is 19.8 Å². The molecule has 0 saturated carbocycles. The number of nitrogens with one attached hydrogen (secondary N) is 2. The van der Waals surface area contributed by atoms with Gasteiger partial charge in [-0.3, -0.25) is 9.78 Å². The van der Waals surface area contributed by atoms with Gasteiger partial charge in [0.05, 0.1) is 5.56 Å². The molecule has 3 amide bonds. The summed E-state index contributed by atoms with van der Waals surface area (Å²) in [5.41, 5.74) is 3.68. The monoisotopic (exact) mass is 366 g/mol. The Labute approximate surface area is 160 Å². The molecule has 2 heterocycles. The van der Waals surface area contributed by atoms with Crippen molar-refractivity contribution in [2.75, 3.05) is 25.0 Å². The molecule has 27 heavy (non-hydrogen) atoms. The van der Waals surface area contributed by atoms with Crippen LogP contribution in [0.2, 0.25) is 0 Å². The van der Waals surface area contributed by atoms with Gasteiger partial charge in [0, 0.05) is 37.7 Å². The van der Waals surface area contributed by atoms with Crippen LogP contribution < -0.4 is 10.6 Å². The van der Waals surface area contributed by atoms with Crippen molar-refractivity contribution < 1.29 is 9.59 Å². The Bertz CT molecular complexity index is 779. The van der Waals surface area contributed by atoms with Crippen molar-refractivity contribution in [3.05, 3.63) is 59.4 Å². The van der Waals surface area contributed by atoms with Crippen LogP contribution in [0.5, 0.6) is 0 Å². The molecule has 1 fully saturated rings. The van der Waals surface area contributed by atoms with E-state index >= 15 is 0 Å². The Balaban J connectivity index is 1.43. The normalized spacial score (nSPS) is 14.7. The summed E-state index contributed by atoms with van der Waals surface area (Å²) >= 11 is 0. The summed E-state index contributed by atoms with van der Waals surface area (Å²) in [7, 11) is 0. The first kappa shape index (κ1) is 18.9. The lowest BCUT2D eigenvalue weighted by molar-refractivity contribution is 0.0690. The number of rotatable bonds is 4. The lowest BCUT2D eigenvalue weighted by Gasteiger charge is -2.32. The SMILES string of the molecule is Cc1cc(C)cc(NC(=O)NCC2CCN(C(=O)c3cccnc3)CC2)c1. The third kappa shape index (κ3) is 5.29. The molecule has 0 unspecified atom stereocenters. The Morgan fingerprint density at radius 2 is 1.85 bits per heavy atom. The highest BCUT2D eigenvalue weighted by atomic mass is 16.2. The lowest BCUT2D eigenvalue weighted by Crippen LogP contribution is -2.42. The van der Waals surface area contributed by atoms with E-state index in [0.717, 1.165) is 29.7 Å². The van der Waals surface area contributed by atoms with E-state index in [1.807, 2.05) is 30.9 Å². The van der Waals surface area contributed by atoms with Crippen molar-refractivity contribution in [1.82, 2.24) is 15.2 Å². The maximum atomic E-state index is 12.4. The molecule has 0 aliphatic carbocycles. The summed E-state index contributed by atoms with van der Waals surface area (Å²) in [4.78, 5) is 30.5. The summed E-state index contributed by atoms with van der Waals surface area (Å²) in [6.45, 7) is 6.05. The summed E-state index contributed by atoms with van der Waals surface area (Å²) in [5, 5.41) is 5.84. The molecule has 1 aromatic heterocycles. The number of pyridine rings is 1. The van der Waals surface area contributed by atoms with Gasteiger partial charge < -0.3 is 15.5 Å². The fraction of sp³-hybridized carbons (Fsp3) is 0.381. The molecule has 0 atom stereocenters. The van der Waals surface area contributed by atoms with Gasteiger partial charge in [0.1, 0.15) is 0 Å². The van der Waals surface area contributed by atoms with Crippen molar-refractivity contribution >= 4 is 17.6 Å². The Kier molecular flexibility index (Phi) is 6.06. The highest BCUT2D eigenvalue weighted by Crippen LogP contribution is 2.18. The van der Waals surface area contributed by atoms with Crippen molar-refractivity contribution in [1.29, 1.82) is 0 Å². The minimum Gasteiger partial charge on any atom is -0.339 e. The quantitative estimate of drug-likeness (QED) is 0.871. The molecule has 6 nitrogen and oxygen atoms in total. The zero-order valence-electron chi connectivity index (χ0n) is 15.9. The zero-order chi connectivity index (χ0) is 19.2. The molecule has 0 spiro atoms. The van der Waals surface area contributed by atoms with E-state index in [0.29, 0.717) is 31.1 Å². The number of aryl methyl sites for hydroxylation is 2. The minimum atomic E-state index is -0.186. The van der Waals surface area contributed by atoms with Crippen LogP contribution in [0.25, 0.3) is 0 Å². The number of hydrogen-bond acceptors (Lipinski definition) is 3. The van der Waals surface area contributed by atoms with Crippen LogP contribution >= 0.6 is 0 Å². The highest BCUT2D eigenvalue weighted by Gasteiger charge is 2.24. The third-order valence-corrected chi connectivity index (χ3v) is 4.84. The maximum Gasteiger partial charge on any atom is 0.319 e. The van der Waals surface area contributed by atoms with Gasteiger partial charge in [0.25, 0.3) is 5.91 Å². The molecule has 0 bridgehead atoms. The number of amides is 3. The second kappa shape index (κ2) is 8.66. The summed E-state index contributed by atoms with van der Waals surface area (Å²) < 4.78 is 0. The van der Waals surface area contributed by atoms with Crippen LogP contribution in [0.4, 0.5) is 10.5 Å². The van der Waals surface area contributed by atoms with Gasteiger partial charge in [-0.25, -0.2) is 4.79 Å². The van der Waals surface area contributed by atoms with Crippen LogP contribution in [0.1, 0.15) is 34.3 Å². The van der Waals surface area contributed by atoms with E-state index in [-0.39, 0.29) is 11.9 Å². The standard InChI is InChI=1S/C21H26N4O2/c1-15-10-16(2)12-19(11-15)24-21(27)23-13-17-5-8-25(9-6-17)20(26)18-4-3-7-22-14-18/h3-4,7,10-12,14,17H,5-6,8-9,13H2,1-2H3,(H2,23,24,27). The minimum absolute atomic E-state index is 0.0297. The Hall–Kier alpha value is -2.89. The molecule has 1 aromatic carbocycles. The second-order valence-corrected chi connectivity index (χ2v) is 7.19. The van der Waals surface area contributed by atoms with Gasteiger partial charge >= 0.3 is 6.03 Å². The number of aromatic nitrogens is 1. The molecule has 142 valence electrons. The Morgan fingerprint density at radius 3 is 2.48 bits per heavy atom. The summed E-state index contributed by atoms with van der Waals surface area (Å²) in [6, 6.07) is 9.36. The Morgan fingerprint density at radius 1 is 1.15 bits per heavy atom. The maximum absolute atomic E-state index is 12.4. The van der Waals surface area contributed by atoms with Crippen LogP contribution in [0.3, 0.4) is 0 Å². The number of benzene rings is 1. The molecule has 1 saturated heterocycles. The molecule has 2 N–H and O–H groups in total. The molecule has 0 radical (unpaired) electrons. The number of hydrogen-bond donors (Lipinski definition) is 2. The second-order valence-electron chi connectivity index (χ2n) is 7.19. The number of carbonyl (C=O) groups is 2. The molecule has 2 aromatic rings. The third-order valence-electron chi connectivity index (χ3n) is 4.84. The zero-order valence-corrected chi connectivity index (χ0v) is 15.9. The average molecular weight is 366 g/mol. The molecule has 3 rings (SSSR count). The van der Waals surface area contributed by atoms with Crippen molar-refractivity contribution in [2.45, 2.75) is 26.7 Å². The first-order valence-electron chi connectivity index (χ1n) is 9.34. The van der Waals surface area contributed by atoms with Crippen LogP contribution in [-0.4, -0.2) is 41.5 Å². The molecule has 6 heteroatoms. The van der Waals surface area contributed by atoms with E-state index in [4.69, 9.17) is 0 Å².